The molecule has 2 atom stereocenters. The van der Waals surface area contributed by atoms with E-state index in [2.05, 4.69) is 41.1 Å². The van der Waals surface area contributed by atoms with Crippen molar-refractivity contribution in [1.82, 2.24) is 15.5 Å². The van der Waals surface area contributed by atoms with E-state index in [1.54, 1.807) is 0 Å². The molecule has 1 N–H and O–H groups in total. The molecule has 0 saturated carbocycles. The molecule has 0 spiro atoms. The molecule has 0 bridgehead atoms. The zero-order chi connectivity index (χ0) is 13.7. The van der Waals surface area contributed by atoms with Gasteiger partial charge in [-0.3, -0.25) is 0 Å². The van der Waals surface area contributed by atoms with Crippen LogP contribution in [0.3, 0.4) is 0 Å². The van der Waals surface area contributed by atoms with Gasteiger partial charge in [-0.15, -0.1) is 0 Å². The number of nitrogens with zero attached hydrogens (tertiary/aromatic N) is 3. The lowest BCUT2D eigenvalue weighted by molar-refractivity contribution is 0.317. The maximum atomic E-state index is 5.50. The maximum Gasteiger partial charge on any atom is 0.266 e. The SMILES string of the molecule is CCNC(C)C(CC)c1nc(N2CCCCC2)no1. The summed E-state index contributed by atoms with van der Waals surface area (Å²) < 4.78 is 5.50. The number of hydrogen-bond donors (Lipinski definition) is 1. The number of anilines is 1. The van der Waals surface area contributed by atoms with Crippen LogP contribution in [0.25, 0.3) is 0 Å². The molecule has 2 unspecified atom stereocenters. The molecule has 5 heteroatoms. The van der Waals surface area contributed by atoms with E-state index < -0.39 is 0 Å². The molecule has 1 aliphatic heterocycles. The molecule has 1 saturated heterocycles. The van der Waals surface area contributed by atoms with Crippen LogP contribution in [0, 0.1) is 0 Å². The van der Waals surface area contributed by atoms with E-state index in [1.165, 1.54) is 19.3 Å². The van der Waals surface area contributed by atoms with Gasteiger partial charge in [0.2, 0.25) is 5.89 Å². The molecular weight excluding hydrogens is 240 g/mol. The first kappa shape index (κ1) is 14.3. The van der Waals surface area contributed by atoms with E-state index in [0.29, 0.717) is 12.0 Å². The first-order valence-electron chi connectivity index (χ1n) is 7.58. The van der Waals surface area contributed by atoms with Gasteiger partial charge in [0.1, 0.15) is 0 Å². The third kappa shape index (κ3) is 3.47. The fraction of sp³-hybridized carbons (Fsp3) is 0.857. The summed E-state index contributed by atoms with van der Waals surface area (Å²) in [6.45, 7) is 9.55. The molecular formula is C14H26N4O. The summed E-state index contributed by atoms with van der Waals surface area (Å²) in [5.74, 6) is 1.85. The van der Waals surface area contributed by atoms with Crippen LogP contribution >= 0.6 is 0 Å². The number of piperidine rings is 1. The van der Waals surface area contributed by atoms with Gasteiger partial charge in [-0.25, -0.2) is 0 Å². The first-order chi connectivity index (χ1) is 9.26. The van der Waals surface area contributed by atoms with E-state index in [1.807, 2.05) is 0 Å². The minimum absolute atomic E-state index is 0.297. The standard InChI is InChI=1S/C14H26N4O/c1-4-12(11(3)15-5-2)13-16-14(17-19-13)18-9-7-6-8-10-18/h11-12,15H,4-10H2,1-3H3. The first-order valence-corrected chi connectivity index (χ1v) is 7.58. The van der Waals surface area contributed by atoms with Crippen molar-refractivity contribution in [1.29, 1.82) is 0 Å². The van der Waals surface area contributed by atoms with Gasteiger partial charge < -0.3 is 14.7 Å². The van der Waals surface area contributed by atoms with Crippen LogP contribution in [0.5, 0.6) is 0 Å². The van der Waals surface area contributed by atoms with Crippen molar-refractivity contribution in [2.24, 2.45) is 0 Å². The van der Waals surface area contributed by atoms with Gasteiger partial charge >= 0.3 is 0 Å². The molecule has 0 radical (unpaired) electrons. The van der Waals surface area contributed by atoms with Crippen molar-refractivity contribution >= 4 is 5.95 Å². The molecule has 108 valence electrons. The lowest BCUT2D eigenvalue weighted by Gasteiger charge is -2.24. The molecule has 0 aliphatic carbocycles. The molecule has 0 amide bonds. The number of rotatable bonds is 6. The van der Waals surface area contributed by atoms with Gasteiger partial charge in [-0.05, 0) is 44.3 Å². The quantitative estimate of drug-likeness (QED) is 0.857. The minimum Gasteiger partial charge on any atom is -0.338 e. The topological polar surface area (TPSA) is 54.2 Å². The van der Waals surface area contributed by atoms with Crippen molar-refractivity contribution in [3.63, 3.8) is 0 Å². The van der Waals surface area contributed by atoms with Crippen LogP contribution in [-0.4, -0.2) is 35.8 Å². The number of nitrogens with one attached hydrogen (secondary N) is 1. The third-order valence-electron chi connectivity index (χ3n) is 3.96. The van der Waals surface area contributed by atoms with E-state index in [4.69, 9.17) is 4.52 Å². The van der Waals surface area contributed by atoms with E-state index in [9.17, 15) is 0 Å². The van der Waals surface area contributed by atoms with Gasteiger partial charge in [0.25, 0.3) is 5.95 Å². The number of likely N-dealkylation sites (N-methyl/N-ethyl adjacent to an activating group) is 1. The highest BCUT2D eigenvalue weighted by Crippen LogP contribution is 2.24. The predicted octanol–water partition coefficient (Wildman–Crippen LogP) is 2.55. The Hall–Kier alpha value is -1.10. The van der Waals surface area contributed by atoms with Crippen LogP contribution in [0.2, 0.25) is 0 Å². The third-order valence-corrected chi connectivity index (χ3v) is 3.96. The monoisotopic (exact) mass is 266 g/mol. The lowest BCUT2D eigenvalue weighted by Crippen LogP contribution is -2.32. The lowest BCUT2D eigenvalue weighted by atomic mass is 9.98. The fourth-order valence-corrected chi connectivity index (χ4v) is 2.81. The van der Waals surface area contributed by atoms with Crippen LogP contribution in [-0.2, 0) is 0 Å². The van der Waals surface area contributed by atoms with Crippen LogP contribution in [0.1, 0.15) is 58.3 Å². The summed E-state index contributed by atoms with van der Waals surface area (Å²) in [6.07, 6.45) is 4.79. The highest BCUT2D eigenvalue weighted by atomic mass is 16.5. The van der Waals surface area contributed by atoms with E-state index in [-0.39, 0.29) is 0 Å². The summed E-state index contributed by atoms with van der Waals surface area (Å²) in [7, 11) is 0. The molecule has 0 aromatic carbocycles. The number of hydrogen-bond acceptors (Lipinski definition) is 5. The van der Waals surface area contributed by atoms with Crippen molar-refractivity contribution in [2.75, 3.05) is 24.5 Å². The van der Waals surface area contributed by atoms with Crippen LogP contribution in [0.15, 0.2) is 4.52 Å². The highest BCUT2D eigenvalue weighted by Gasteiger charge is 2.25. The largest absolute Gasteiger partial charge is 0.338 e. The van der Waals surface area contributed by atoms with Gasteiger partial charge in [-0.2, -0.15) is 4.98 Å². The van der Waals surface area contributed by atoms with Crippen LogP contribution in [0.4, 0.5) is 5.95 Å². The second kappa shape index (κ2) is 6.89. The number of aromatic nitrogens is 2. The summed E-state index contributed by atoms with van der Waals surface area (Å²) in [5.41, 5.74) is 0. The van der Waals surface area contributed by atoms with Crippen molar-refractivity contribution in [3.8, 4) is 0 Å². The highest BCUT2D eigenvalue weighted by molar-refractivity contribution is 5.28. The minimum atomic E-state index is 0.297. The molecule has 19 heavy (non-hydrogen) atoms. The maximum absolute atomic E-state index is 5.50. The van der Waals surface area contributed by atoms with E-state index >= 15 is 0 Å². The average molecular weight is 266 g/mol. The van der Waals surface area contributed by atoms with Gasteiger partial charge in [0.05, 0.1) is 5.92 Å². The molecule has 5 nitrogen and oxygen atoms in total. The molecule has 1 aliphatic rings. The molecule has 1 fully saturated rings. The predicted molar refractivity (Wildman–Crippen MR) is 76.5 cm³/mol. The molecule has 2 heterocycles. The van der Waals surface area contributed by atoms with Gasteiger partial charge in [0.15, 0.2) is 0 Å². The summed E-state index contributed by atoms with van der Waals surface area (Å²) in [5, 5.41) is 7.61. The molecule has 1 aromatic heterocycles. The van der Waals surface area contributed by atoms with Crippen LogP contribution < -0.4 is 10.2 Å². The normalized spacial score (nSPS) is 19.4. The second-order valence-corrected chi connectivity index (χ2v) is 5.34. The summed E-state index contributed by atoms with van der Waals surface area (Å²) in [4.78, 5) is 6.85. The Kier molecular flexibility index (Phi) is 5.19. The average Bonchev–Trinajstić information content (AvgIpc) is 2.90. The molecule has 2 rings (SSSR count). The van der Waals surface area contributed by atoms with Crippen molar-refractivity contribution in [2.45, 2.75) is 58.4 Å². The Morgan fingerprint density at radius 2 is 2.00 bits per heavy atom. The Labute approximate surface area is 115 Å². The summed E-state index contributed by atoms with van der Waals surface area (Å²) in [6, 6.07) is 0.365. The molecule has 1 aromatic rings. The Morgan fingerprint density at radius 1 is 1.26 bits per heavy atom. The Bertz CT molecular complexity index is 373. The fourth-order valence-electron chi connectivity index (χ4n) is 2.81. The van der Waals surface area contributed by atoms with E-state index in [0.717, 1.165) is 37.9 Å². The Balaban J connectivity index is 2.05. The Morgan fingerprint density at radius 3 is 2.63 bits per heavy atom. The van der Waals surface area contributed by atoms with Gasteiger partial charge in [0, 0.05) is 19.1 Å². The zero-order valence-corrected chi connectivity index (χ0v) is 12.4. The smallest absolute Gasteiger partial charge is 0.266 e. The van der Waals surface area contributed by atoms with Gasteiger partial charge in [-0.1, -0.05) is 13.8 Å². The summed E-state index contributed by atoms with van der Waals surface area (Å²) >= 11 is 0. The zero-order valence-electron chi connectivity index (χ0n) is 12.4. The van der Waals surface area contributed by atoms with Crippen molar-refractivity contribution < 1.29 is 4.52 Å². The second-order valence-electron chi connectivity index (χ2n) is 5.34. The van der Waals surface area contributed by atoms with Crippen molar-refractivity contribution in [3.05, 3.63) is 5.89 Å².